The Morgan fingerprint density at radius 3 is 2.62 bits per heavy atom. The van der Waals surface area contributed by atoms with Crippen molar-refractivity contribution in [2.75, 3.05) is 0 Å². The molecule has 68 valence electrons. The molecule has 0 bridgehead atoms. The van der Waals surface area contributed by atoms with Crippen LogP contribution in [0.1, 0.15) is 31.4 Å². The molecule has 1 aromatic rings. The largest absolute Gasteiger partial charge is 0.289 e. The Labute approximate surface area is 79.5 Å². The Bertz CT molecular complexity index is 285. The Balaban J connectivity index is 1.99. The lowest BCUT2D eigenvalue weighted by Gasteiger charge is -2.04. The molecule has 1 heteroatoms. The van der Waals surface area contributed by atoms with Gasteiger partial charge in [0.1, 0.15) is 0 Å². The van der Waals surface area contributed by atoms with Gasteiger partial charge in [0.15, 0.2) is 0 Å². The van der Waals surface area contributed by atoms with Crippen molar-refractivity contribution in [1.82, 2.24) is 0 Å². The van der Waals surface area contributed by atoms with Gasteiger partial charge in [-0.2, -0.15) is 0 Å². The topological polar surface area (TPSA) is 12.4 Å². The standard InChI is InChI=1S/C12H15N/c1-10(13-9-11-7-8-11)12-5-3-2-4-6-12/h2-6,9-11H,7-8H2,1H3/t10-/m0/s1. The van der Waals surface area contributed by atoms with Crippen LogP contribution in [0.15, 0.2) is 35.3 Å². The van der Waals surface area contributed by atoms with E-state index in [1.54, 1.807) is 0 Å². The summed E-state index contributed by atoms with van der Waals surface area (Å²) in [6.45, 7) is 2.15. The van der Waals surface area contributed by atoms with E-state index >= 15 is 0 Å². The molecule has 1 aromatic carbocycles. The summed E-state index contributed by atoms with van der Waals surface area (Å²) in [5.74, 6) is 0.783. The second kappa shape index (κ2) is 3.73. The average Bonchev–Trinajstić information content (AvgIpc) is 2.99. The van der Waals surface area contributed by atoms with Crippen LogP contribution in [0.4, 0.5) is 0 Å². The summed E-state index contributed by atoms with van der Waals surface area (Å²) in [6, 6.07) is 10.8. The van der Waals surface area contributed by atoms with E-state index in [2.05, 4.69) is 42.4 Å². The molecule has 0 N–H and O–H groups in total. The molecular formula is C12H15N. The van der Waals surface area contributed by atoms with Crippen LogP contribution < -0.4 is 0 Å². The Morgan fingerprint density at radius 2 is 2.00 bits per heavy atom. The lowest BCUT2D eigenvalue weighted by molar-refractivity contribution is 0.819. The van der Waals surface area contributed by atoms with Crippen molar-refractivity contribution in [2.24, 2.45) is 10.9 Å². The monoisotopic (exact) mass is 173 g/mol. The van der Waals surface area contributed by atoms with E-state index in [0.29, 0.717) is 6.04 Å². The van der Waals surface area contributed by atoms with E-state index in [1.165, 1.54) is 18.4 Å². The average molecular weight is 173 g/mol. The van der Waals surface area contributed by atoms with Gasteiger partial charge < -0.3 is 0 Å². The van der Waals surface area contributed by atoms with Gasteiger partial charge in [0.05, 0.1) is 6.04 Å². The van der Waals surface area contributed by atoms with Gasteiger partial charge in [-0.25, -0.2) is 0 Å². The molecule has 1 aliphatic rings. The molecule has 2 rings (SSSR count). The van der Waals surface area contributed by atoms with E-state index in [9.17, 15) is 0 Å². The predicted molar refractivity (Wildman–Crippen MR) is 56.1 cm³/mol. The fourth-order valence-corrected chi connectivity index (χ4v) is 1.31. The highest BCUT2D eigenvalue weighted by Gasteiger charge is 2.18. The first-order valence-electron chi connectivity index (χ1n) is 4.94. The minimum absolute atomic E-state index is 0.321. The minimum Gasteiger partial charge on any atom is -0.289 e. The van der Waals surface area contributed by atoms with Crippen LogP contribution >= 0.6 is 0 Å². The van der Waals surface area contributed by atoms with Gasteiger partial charge in [-0.15, -0.1) is 0 Å². The van der Waals surface area contributed by atoms with Crippen LogP contribution in [0, 0.1) is 5.92 Å². The van der Waals surface area contributed by atoms with E-state index in [-0.39, 0.29) is 0 Å². The second-order valence-electron chi connectivity index (χ2n) is 3.72. The van der Waals surface area contributed by atoms with Crippen LogP contribution in [-0.2, 0) is 0 Å². The molecule has 1 fully saturated rings. The highest BCUT2D eigenvalue weighted by molar-refractivity contribution is 5.64. The van der Waals surface area contributed by atoms with Crippen LogP contribution in [0.3, 0.4) is 0 Å². The van der Waals surface area contributed by atoms with Crippen molar-refractivity contribution in [2.45, 2.75) is 25.8 Å². The summed E-state index contributed by atoms with van der Waals surface area (Å²) in [7, 11) is 0. The van der Waals surface area contributed by atoms with Crippen LogP contribution in [0.2, 0.25) is 0 Å². The van der Waals surface area contributed by atoms with Gasteiger partial charge in [-0.1, -0.05) is 30.3 Å². The summed E-state index contributed by atoms with van der Waals surface area (Å²) >= 11 is 0. The first-order chi connectivity index (χ1) is 6.36. The van der Waals surface area contributed by atoms with Gasteiger partial charge in [-0.3, -0.25) is 4.99 Å². The van der Waals surface area contributed by atoms with Crippen LogP contribution in [0.5, 0.6) is 0 Å². The Morgan fingerprint density at radius 1 is 1.31 bits per heavy atom. The molecule has 1 nitrogen and oxygen atoms in total. The van der Waals surface area contributed by atoms with Crippen molar-refractivity contribution in [3.8, 4) is 0 Å². The SMILES string of the molecule is C[C@H](N=CC1CC1)c1ccccc1. The summed E-state index contributed by atoms with van der Waals surface area (Å²) in [5.41, 5.74) is 1.31. The summed E-state index contributed by atoms with van der Waals surface area (Å²) in [6.07, 6.45) is 4.80. The normalized spacial score (nSPS) is 19.2. The Hall–Kier alpha value is -1.11. The molecule has 0 aliphatic heterocycles. The molecule has 1 aliphatic carbocycles. The molecule has 1 atom stereocenters. The molecule has 0 radical (unpaired) electrons. The highest BCUT2D eigenvalue weighted by Crippen LogP contribution is 2.27. The smallest absolute Gasteiger partial charge is 0.0717 e. The maximum atomic E-state index is 4.53. The molecule has 1 saturated carbocycles. The van der Waals surface area contributed by atoms with Gasteiger partial charge in [-0.05, 0) is 31.2 Å². The number of aliphatic imine (C=N–C) groups is 1. The lowest BCUT2D eigenvalue weighted by atomic mass is 10.1. The van der Waals surface area contributed by atoms with Crippen LogP contribution in [0.25, 0.3) is 0 Å². The van der Waals surface area contributed by atoms with Gasteiger partial charge >= 0.3 is 0 Å². The zero-order valence-electron chi connectivity index (χ0n) is 7.98. The molecular weight excluding hydrogens is 158 g/mol. The Kier molecular flexibility index (Phi) is 2.44. The number of hydrogen-bond acceptors (Lipinski definition) is 1. The molecule has 0 saturated heterocycles. The van der Waals surface area contributed by atoms with E-state index in [0.717, 1.165) is 5.92 Å². The molecule has 13 heavy (non-hydrogen) atoms. The summed E-state index contributed by atoms with van der Waals surface area (Å²) in [5, 5.41) is 0. The van der Waals surface area contributed by atoms with Crippen molar-refractivity contribution in [1.29, 1.82) is 0 Å². The summed E-state index contributed by atoms with van der Waals surface area (Å²) in [4.78, 5) is 4.53. The molecule has 0 unspecified atom stereocenters. The third-order valence-corrected chi connectivity index (χ3v) is 2.42. The fourth-order valence-electron chi connectivity index (χ4n) is 1.31. The number of benzene rings is 1. The third kappa shape index (κ3) is 2.41. The zero-order valence-corrected chi connectivity index (χ0v) is 7.98. The fraction of sp³-hybridized carbons (Fsp3) is 0.417. The zero-order chi connectivity index (χ0) is 9.10. The second-order valence-corrected chi connectivity index (χ2v) is 3.72. The minimum atomic E-state index is 0.321. The van der Waals surface area contributed by atoms with Crippen molar-refractivity contribution in [3.05, 3.63) is 35.9 Å². The van der Waals surface area contributed by atoms with Crippen molar-refractivity contribution in [3.63, 3.8) is 0 Å². The van der Waals surface area contributed by atoms with E-state index < -0.39 is 0 Å². The van der Waals surface area contributed by atoms with E-state index in [4.69, 9.17) is 0 Å². The summed E-state index contributed by atoms with van der Waals surface area (Å²) < 4.78 is 0. The van der Waals surface area contributed by atoms with Crippen molar-refractivity contribution >= 4 is 6.21 Å². The molecule has 0 heterocycles. The number of hydrogen-bond donors (Lipinski definition) is 0. The maximum Gasteiger partial charge on any atom is 0.0717 e. The van der Waals surface area contributed by atoms with Crippen molar-refractivity contribution < 1.29 is 0 Å². The number of rotatable bonds is 3. The highest BCUT2D eigenvalue weighted by atomic mass is 14.8. The third-order valence-electron chi connectivity index (χ3n) is 2.42. The molecule has 0 spiro atoms. The van der Waals surface area contributed by atoms with E-state index in [1.807, 2.05) is 6.07 Å². The molecule has 0 amide bonds. The lowest BCUT2D eigenvalue weighted by Crippen LogP contribution is -1.89. The van der Waals surface area contributed by atoms with Gasteiger partial charge in [0.2, 0.25) is 0 Å². The van der Waals surface area contributed by atoms with Gasteiger partial charge in [0, 0.05) is 6.21 Å². The first kappa shape index (κ1) is 8.49. The number of nitrogens with zero attached hydrogens (tertiary/aromatic N) is 1. The predicted octanol–water partition coefficient (Wildman–Crippen LogP) is 3.23. The quantitative estimate of drug-likeness (QED) is 0.622. The van der Waals surface area contributed by atoms with Crippen LogP contribution in [-0.4, -0.2) is 6.21 Å². The van der Waals surface area contributed by atoms with Gasteiger partial charge in [0.25, 0.3) is 0 Å². The first-order valence-corrected chi connectivity index (χ1v) is 4.94. The molecule has 0 aromatic heterocycles. The maximum absolute atomic E-state index is 4.53.